The van der Waals surface area contributed by atoms with Gasteiger partial charge in [0.1, 0.15) is 12.1 Å². The zero-order valence-electron chi connectivity index (χ0n) is 8.08. The summed E-state index contributed by atoms with van der Waals surface area (Å²) >= 11 is 0. The second-order valence-corrected chi connectivity index (χ2v) is 3.37. The largest absolute Gasteiger partial charge is 0.383 e. The Bertz CT molecular complexity index is 372. The van der Waals surface area contributed by atoms with Gasteiger partial charge >= 0.3 is 0 Å². The Morgan fingerprint density at radius 1 is 1.47 bits per heavy atom. The summed E-state index contributed by atoms with van der Waals surface area (Å²) in [6.45, 7) is 1.14. The molecule has 1 N–H and O–H groups in total. The number of hydrogen-bond acceptors (Lipinski definition) is 5. The SMILES string of the molecule is CC(O)(CN=O)c1ccc([N+](=O)[O-])cc1. The van der Waals surface area contributed by atoms with Gasteiger partial charge in [-0.3, -0.25) is 10.1 Å². The average molecular weight is 210 g/mol. The number of hydrogen-bond donors (Lipinski definition) is 1. The molecule has 6 heteroatoms. The highest BCUT2D eigenvalue weighted by Crippen LogP contribution is 2.23. The van der Waals surface area contributed by atoms with Crippen molar-refractivity contribution in [2.75, 3.05) is 6.54 Å². The number of nitroso groups, excluding NO2 is 1. The van der Waals surface area contributed by atoms with E-state index in [4.69, 9.17) is 0 Å². The molecule has 1 unspecified atom stereocenters. The molecular weight excluding hydrogens is 200 g/mol. The van der Waals surface area contributed by atoms with Gasteiger partial charge in [0.15, 0.2) is 0 Å². The van der Waals surface area contributed by atoms with E-state index in [0.717, 1.165) is 0 Å². The summed E-state index contributed by atoms with van der Waals surface area (Å²) in [7, 11) is 0. The zero-order chi connectivity index (χ0) is 11.5. The van der Waals surface area contributed by atoms with Gasteiger partial charge in [0, 0.05) is 12.1 Å². The smallest absolute Gasteiger partial charge is 0.269 e. The fraction of sp³-hybridized carbons (Fsp3) is 0.333. The van der Waals surface area contributed by atoms with Gasteiger partial charge in [0.2, 0.25) is 0 Å². The first kappa shape index (κ1) is 11.3. The van der Waals surface area contributed by atoms with Crippen LogP contribution in [-0.4, -0.2) is 16.6 Å². The lowest BCUT2D eigenvalue weighted by Crippen LogP contribution is -2.24. The van der Waals surface area contributed by atoms with E-state index in [2.05, 4.69) is 5.18 Å². The van der Waals surface area contributed by atoms with Crippen molar-refractivity contribution in [3.05, 3.63) is 44.9 Å². The number of non-ortho nitro benzene ring substituents is 1. The summed E-state index contributed by atoms with van der Waals surface area (Å²) in [5.41, 5.74) is -1.02. The maximum Gasteiger partial charge on any atom is 0.269 e. The van der Waals surface area contributed by atoms with Crippen LogP contribution in [0.2, 0.25) is 0 Å². The number of benzene rings is 1. The van der Waals surface area contributed by atoms with Crippen molar-refractivity contribution in [3.8, 4) is 0 Å². The van der Waals surface area contributed by atoms with Gasteiger partial charge in [-0.25, -0.2) is 0 Å². The monoisotopic (exact) mass is 210 g/mol. The van der Waals surface area contributed by atoms with Crippen molar-refractivity contribution in [2.45, 2.75) is 12.5 Å². The fourth-order valence-electron chi connectivity index (χ4n) is 1.16. The number of nitro benzene ring substituents is 1. The molecule has 0 saturated carbocycles. The van der Waals surface area contributed by atoms with Crippen LogP contribution in [0.25, 0.3) is 0 Å². The van der Waals surface area contributed by atoms with E-state index < -0.39 is 10.5 Å². The first-order valence-electron chi connectivity index (χ1n) is 4.24. The minimum atomic E-state index is -1.38. The van der Waals surface area contributed by atoms with E-state index in [1.807, 2.05) is 0 Å². The predicted octanol–water partition coefficient (Wildman–Crippen LogP) is 1.57. The third-order valence-electron chi connectivity index (χ3n) is 2.07. The molecule has 0 spiro atoms. The van der Waals surface area contributed by atoms with Crippen LogP contribution < -0.4 is 0 Å². The van der Waals surface area contributed by atoms with Crippen LogP contribution in [0.15, 0.2) is 29.4 Å². The van der Waals surface area contributed by atoms with E-state index in [1.165, 1.54) is 31.2 Å². The Labute approximate surface area is 85.7 Å². The molecule has 0 fully saturated rings. The Balaban J connectivity index is 2.97. The van der Waals surface area contributed by atoms with E-state index in [9.17, 15) is 20.1 Å². The van der Waals surface area contributed by atoms with Crippen molar-refractivity contribution < 1.29 is 10.0 Å². The van der Waals surface area contributed by atoms with Crippen molar-refractivity contribution >= 4 is 5.69 Å². The number of aliphatic hydroxyl groups is 1. The molecule has 1 atom stereocenters. The second kappa shape index (κ2) is 4.14. The van der Waals surface area contributed by atoms with E-state index in [-0.39, 0.29) is 12.2 Å². The van der Waals surface area contributed by atoms with E-state index in [0.29, 0.717) is 5.56 Å². The topological polar surface area (TPSA) is 92.8 Å². The van der Waals surface area contributed by atoms with Gasteiger partial charge in [0.05, 0.1) is 4.92 Å². The Hall–Kier alpha value is -1.82. The molecule has 6 nitrogen and oxygen atoms in total. The first-order valence-corrected chi connectivity index (χ1v) is 4.24. The number of nitrogens with zero attached hydrogens (tertiary/aromatic N) is 2. The van der Waals surface area contributed by atoms with E-state index in [1.54, 1.807) is 0 Å². The van der Waals surface area contributed by atoms with Crippen LogP contribution in [0.4, 0.5) is 5.69 Å². The fourth-order valence-corrected chi connectivity index (χ4v) is 1.16. The molecule has 80 valence electrons. The summed E-state index contributed by atoms with van der Waals surface area (Å²) in [5, 5.41) is 22.7. The Kier molecular flexibility index (Phi) is 3.11. The summed E-state index contributed by atoms with van der Waals surface area (Å²) in [4.78, 5) is 19.9. The number of nitro groups is 1. The van der Waals surface area contributed by atoms with E-state index >= 15 is 0 Å². The lowest BCUT2D eigenvalue weighted by atomic mass is 9.96. The Morgan fingerprint density at radius 3 is 2.40 bits per heavy atom. The van der Waals surface area contributed by atoms with Gasteiger partial charge < -0.3 is 5.11 Å². The molecule has 0 heterocycles. The quantitative estimate of drug-likeness (QED) is 0.463. The third-order valence-corrected chi connectivity index (χ3v) is 2.07. The van der Waals surface area contributed by atoms with Gasteiger partial charge in [-0.1, -0.05) is 5.18 Å². The van der Waals surface area contributed by atoms with Crippen LogP contribution in [-0.2, 0) is 5.60 Å². The molecule has 0 aliphatic heterocycles. The standard InChI is InChI=1S/C9H10N2O4/c1-9(12,6-10-13)7-2-4-8(5-3-7)11(14)15/h2-5,12H,6H2,1H3. The van der Waals surface area contributed by atoms with Crippen LogP contribution >= 0.6 is 0 Å². The summed E-state index contributed by atoms with van der Waals surface area (Å²) in [6.07, 6.45) is 0. The highest BCUT2D eigenvalue weighted by molar-refractivity contribution is 5.35. The summed E-state index contributed by atoms with van der Waals surface area (Å²) in [5.74, 6) is 0. The zero-order valence-corrected chi connectivity index (χ0v) is 8.08. The highest BCUT2D eigenvalue weighted by atomic mass is 16.6. The van der Waals surface area contributed by atoms with Crippen LogP contribution in [0.3, 0.4) is 0 Å². The molecule has 0 bridgehead atoms. The molecule has 0 aliphatic rings. The predicted molar refractivity (Wildman–Crippen MR) is 53.3 cm³/mol. The number of rotatable bonds is 4. The molecule has 0 saturated heterocycles. The molecule has 0 aromatic heterocycles. The lowest BCUT2D eigenvalue weighted by Gasteiger charge is -2.19. The first-order chi connectivity index (χ1) is 6.97. The molecule has 1 aromatic carbocycles. The maximum atomic E-state index is 10.4. The summed E-state index contributed by atoms with van der Waals surface area (Å²) < 4.78 is 0. The average Bonchev–Trinajstić information content (AvgIpc) is 2.18. The molecule has 0 radical (unpaired) electrons. The van der Waals surface area contributed by atoms with Crippen molar-refractivity contribution in [3.63, 3.8) is 0 Å². The molecule has 0 aliphatic carbocycles. The molecule has 1 aromatic rings. The minimum absolute atomic E-state index is 0.0615. The second-order valence-electron chi connectivity index (χ2n) is 3.37. The van der Waals surface area contributed by atoms with Gasteiger partial charge in [-0.05, 0) is 24.6 Å². The summed E-state index contributed by atoms with van der Waals surface area (Å²) in [6, 6.07) is 5.36. The van der Waals surface area contributed by atoms with Gasteiger partial charge in [-0.15, -0.1) is 0 Å². The normalized spacial score (nSPS) is 14.3. The highest BCUT2D eigenvalue weighted by Gasteiger charge is 2.23. The Morgan fingerprint density at radius 2 is 2.00 bits per heavy atom. The molecular formula is C9H10N2O4. The van der Waals surface area contributed by atoms with Crippen molar-refractivity contribution in [2.24, 2.45) is 5.18 Å². The molecule has 1 rings (SSSR count). The molecule has 15 heavy (non-hydrogen) atoms. The minimum Gasteiger partial charge on any atom is -0.383 e. The van der Waals surface area contributed by atoms with Crippen LogP contribution in [0, 0.1) is 15.0 Å². The van der Waals surface area contributed by atoms with Crippen LogP contribution in [0.1, 0.15) is 12.5 Å². The van der Waals surface area contributed by atoms with Crippen molar-refractivity contribution in [1.82, 2.24) is 0 Å². The molecule has 0 amide bonds. The lowest BCUT2D eigenvalue weighted by molar-refractivity contribution is -0.384. The van der Waals surface area contributed by atoms with Gasteiger partial charge in [-0.2, -0.15) is 4.91 Å². The maximum absolute atomic E-state index is 10.4. The third kappa shape index (κ3) is 2.57. The van der Waals surface area contributed by atoms with Crippen LogP contribution in [0.5, 0.6) is 0 Å². The van der Waals surface area contributed by atoms with Crippen molar-refractivity contribution in [1.29, 1.82) is 0 Å². The van der Waals surface area contributed by atoms with Gasteiger partial charge in [0.25, 0.3) is 5.69 Å².